The molecule has 2 aromatic heterocycles. The maximum Gasteiger partial charge on any atom is 0.261 e. The summed E-state index contributed by atoms with van der Waals surface area (Å²) in [6.07, 6.45) is 0. The number of thiophene rings is 1. The maximum absolute atomic E-state index is 12.7. The minimum Gasteiger partial charge on any atom is -0.366 e. The van der Waals surface area contributed by atoms with Gasteiger partial charge in [-0.05, 0) is 60.7 Å². The average Bonchev–Trinajstić information content (AvgIpc) is 2.83. The molecule has 3 aromatic rings. The first-order chi connectivity index (χ1) is 11.7. The lowest BCUT2D eigenvalue weighted by Gasteiger charge is -2.11. The van der Waals surface area contributed by atoms with Crippen LogP contribution in [-0.2, 0) is 10.0 Å². The molecule has 1 aromatic carbocycles. The Morgan fingerprint density at radius 2 is 2.00 bits per heavy atom. The zero-order valence-corrected chi connectivity index (χ0v) is 17.1. The highest BCUT2D eigenvalue weighted by molar-refractivity contribution is 14.1. The number of fused-ring (bicyclic) bond motifs is 1. The number of aromatic nitrogens is 1. The van der Waals surface area contributed by atoms with Gasteiger partial charge in [-0.1, -0.05) is 6.07 Å². The van der Waals surface area contributed by atoms with E-state index in [1.807, 2.05) is 6.07 Å². The Morgan fingerprint density at radius 1 is 1.28 bits per heavy atom. The summed E-state index contributed by atoms with van der Waals surface area (Å²) in [7, 11) is -3.81. The quantitative estimate of drug-likeness (QED) is 0.551. The maximum atomic E-state index is 12.7. The number of sulfonamides is 1. The lowest BCUT2D eigenvalue weighted by atomic mass is 10.1. The van der Waals surface area contributed by atoms with E-state index in [1.165, 1.54) is 17.4 Å². The first-order valence-corrected chi connectivity index (χ1v) is 10.6. The molecule has 25 heavy (non-hydrogen) atoms. The van der Waals surface area contributed by atoms with E-state index in [0.29, 0.717) is 32.0 Å². The highest BCUT2D eigenvalue weighted by Gasteiger charge is 2.22. The van der Waals surface area contributed by atoms with Gasteiger partial charge in [-0.3, -0.25) is 9.52 Å². The molecule has 0 fully saturated rings. The zero-order chi connectivity index (χ0) is 18.4. The molecule has 0 aliphatic carbocycles. The van der Waals surface area contributed by atoms with Crippen LogP contribution in [0.15, 0.2) is 35.2 Å². The zero-order valence-electron chi connectivity index (χ0n) is 13.3. The topological polar surface area (TPSA) is 102 Å². The third-order valence-electron chi connectivity index (χ3n) is 3.56. The monoisotopic (exact) mass is 487 g/mol. The number of halogens is 1. The van der Waals surface area contributed by atoms with Crippen LogP contribution in [0.4, 0.5) is 5.69 Å². The molecule has 0 saturated carbocycles. The molecule has 0 saturated heterocycles. The summed E-state index contributed by atoms with van der Waals surface area (Å²) in [4.78, 5) is 17.7. The minimum absolute atomic E-state index is 0.148. The molecule has 0 bridgehead atoms. The van der Waals surface area contributed by atoms with Gasteiger partial charge in [-0.2, -0.15) is 0 Å². The second-order valence-corrected chi connectivity index (χ2v) is 9.58. The van der Waals surface area contributed by atoms with Crippen molar-refractivity contribution in [2.24, 2.45) is 5.73 Å². The van der Waals surface area contributed by atoms with Gasteiger partial charge < -0.3 is 5.73 Å². The summed E-state index contributed by atoms with van der Waals surface area (Å²) in [5.74, 6) is -0.607. The summed E-state index contributed by atoms with van der Waals surface area (Å²) < 4.78 is 28.9. The van der Waals surface area contributed by atoms with Crippen molar-refractivity contribution in [1.29, 1.82) is 0 Å². The number of nitrogens with two attached hydrogens (primary N) is 1. The first-order valence-electron chi connectivity index (χ1n) is 7.18. The summed E-state index contributed by atoms with van der Waals surface area (Å²) in [6, 6.07) is 8.17. The minimum atomic E-state index is -3.81. The van der Waals surface area contributed by atoms with Crippen molar-refractivity contribution in [2.75, 3.05) is 4.72 Å². The fourth-order valence-electron chi connectivity index (χ4n) is 2.55. The second kappa shape index (κ2) is 6.54. The van der Waals surface area contributed by atoms with E-state index in [0.717, 1.165) is 3.57 Å². The molecule has 0 radical (unpaired) electrons. The van der Waals surface area contributed by atoms with Gasteiger partial charge in [0.15, 0.2) is 0 Å². The number of pyridine rings is 1. The summed E-state index contributed by atoms with van der Waals surface area (Å²) in [5.41, 5.74) is 6.74. The SMILES string of the molecule is Cc1cc(NS(=O)(=O)c2cccc(I)c2)c2c(C(N)=O)c(C)sc2n1. The molecule has 9 heteroatoms. The average molecular weight is 487 g/mol. The van der Waals surface area contributed by atoms with Crippen LogP contribution in [0.2, 0.25) is 0 Å². The van der Waals surface area contributed by atoms with Crippen molar-refractivity contribution in [2.45, 2.75) is 18.7 Å². The van der Waals surface area contributed by atoms with E-state index in [4.69, 9.17) is 5.73 Å². The predicted molar refractivity (Wildman–Crippen MR) is 108 cm³/mol. The van der Waals surface area contributed by atoms with Gasteiger partial charge >= 0.3 is 0 Å². The van der Waals surface area contributed by atoms with Crippen molar-refractivity contribution in [1.82, 2.24) is 4.98 Å². The number of carbonyl (C=O) groups is 1. The van der Waals surface area contributed by atoms with Gasteiger partial charge in [0.2, 0.25) is 0 Å². The third-order valence-corrected chi connectivity index (χ3v) is 6.60. The molecule has 2 heterocycles. The largest absolute Gasteiger partial charge is 0.366 e. The molecule has 0 aliphatic heterocycles. The van der Waals surface area contributed by atoms with Crippen molar-refractivity contribution in [3.05, 3.63) is 50.0 Å². The van der Waals surface area contributed by atoms with Crippen molar-refractivity contribution in [3.8, 4) is 0 Å². The number of rotatable bonds is 4. The molecule has 0 spiro atoms. The molecule has 0 aliphatic rings. The number of aryl methyl sites for hydroxylation is 2. The standard InChI is InChI=1S/C16H14IN3O3S2/c1-8-6-12(14-13(15(18)21)9(2)24-16(14)19-8)20-25(22,23)11-5-3-4-10(17)7-11/h3-7H,1-2H3,(H2,18,21)(H,19,20). The molecule has 3 N–H and O–H groups in total. The molecular weight excluding hydrogens is 473 g/mol. The van der Waals surface area contributed by atoms with Gasteiger partial charge in [0.05, 0.1) is 16.1 Å². The fourth-order valence-corrected chi connectivity index (χ4v) is 5.51. The van der Waals surface area contributed by atoms with Crippen LogP contribution in [0, 0.1) is 17.4 Å². The van der Waals surface area contributed by atoms with Crippen LogP contribution in [0.25, 0.3) is 10.2 Å². The summed E-state index contributed by atoms with van der Waals surface area (Å²) >= 11 is 3.36. The number of primary amides is 1. The summed E-state index contributed by atoms with van der Waals surface area (Å²) in [6.45, 7) is 3.53. The van der Waals surface area contributed by atoms with Gasteiger partial charge in [-0.15, -0.1) is 11.3 Å². The number of anilines is 1. The van der Waals surface area contributed by atoms with Gasteiger partial charge in [0.25, 0.3) is 15.9 Å². The molecule has 0 atom stereocenters. The molecule has 6 nitrogen and oxygen atoms in total. The van der Waals surface area contributed by atoms with Crippen molar-refractivity contribution < 1.29 is 13.2 Å². The second-order valence-electron chi connectivity index (χ2n) is 5.45. The molecule has 0 unspecified atom stereocenters. The molecular formula is C16H14IN3O3S2. The Labute approximate surface area is 162 Å². The van der Waals surface area contributed by atoms with Gasteiger partial charge in [-0.25, -0.2) is 13.4 Å². The van der Waals surface area contributed by atoms with Crippen LogP contribution in [0.1, 0.15) is 20.9 Å². The fraction of sp³-hybridized carbons (Fsp3) is 0.125. The third kappa shape index (κ3) is 3.48. The predicted octanol–water partition coefficient (Wildman–Crippen LogP) is 3.42. The number of nitrogens with one attached hydrogen (secondary N) is 1. The number of hydrogen-bond donors (Lipinski definition) is 2. The lowest BCUT2D eigenvalue weighted by molar-refractivity contribution is 0.100. The van der Waals surface area contributed by atoms with Crippen LogP contribution >= 0.6 is 33.9 Å². The van der Waals surface area contributed by atoms with E-state index in [-0.39, 0.29) is 4.90 Å². The smallest absolute Gasteiger partial charge is 0.261 e. The van der Waals surface area contributed by atoms with E-state index in [2.05, 4.69) is 32.3 Å². The van der Waals surface area contributed by atoms with Crippen LogP contribution < -0.4 is 10.5 Å². The molecule has 3 rings (SSSR count). The van der Waals surface area contributed by atoms with Crippen LogP contribution in [0.3, 0.4) is 0 Å². The normalized spacial score (nSPS) is 11.6. The van der Waals surface area contributed by atoms with Gasteiger partial charge in [0.1, 0.15) is 4.83 Å². The Hall–Kier alpha value is -1.72. The number of nitrogens with zero attached hydrogens (tertiary/aromatic N) is 1. The lowest BCUT2D eigenvalue weighted by Crippen LogP contribution is -2.16. The first kappa shape index (κ1) is 18.1. The Kier molecular flexibility index (Phi) is 4.73. The Balaban J connectivity index is 2.20. The van der Waals surface area contributed by atoms with E-state index >= 15 is 0 Å². The number of hydrogen-bond acceptors (Lipinski definition) is 5. The molecule has 130 valence electrons. The highest BCUT2D eigenvalue weighted by atomic mass is 127. The Bertz CT molecular complexity index is 1110. The van der Waals surface area contributed by atoms with E-state index in [1.54, 1.807) is 32.0 Å². The van der Waals surface area contributed by atoms with Crippen molar-refractivity contribution >= 4 is 65.8 Å². The number of amides is 1. The number of carbonyl (C=O) groups excluding carboxylic acids is 1. The van der Waals surface area contributed by atoms with Crippen LogP contribution in [-0.4, -0.2) is 19.3 Å². The highest BCUT2D eigenvalue weighted by Crippen LogP contribution is 2.36. The van der Waals surface area contributed by atoms with E-state index in [9.17, 15) is 13.2 Å². The number of benzene rings is 1. The van der Waals surface area contributed by atoms with Crippen LogP contribution in [0.5, 0.6) is 0 Å². The molecule has 1 amide bonds. The van der Waals surface area contributed by atoms with Crippen molar-refractivity contribution in [3.63, 3.8) is 0 Å². The van der Waals surface area contributed by atoms with E-state index < -0.39 is 15.9 Å². The summed E-state index contributed by atoms with van der Waals surface area (Å²) in [5, 5.41) is 0.440. The van der Waals surface area contributed by atoms with Gasteiger partial charge in [0, 0.05) is 19.5 Å². The Morgan fingerprint density at radius 3 is 2.64 bits per heavy atom.